The van der Waals surface area contributed by atoms with Gasteiger partial charge >= 0.3 is 7.12 Å². The molecule has 0 atom stereocenters. The third-order valence-electron chi connectivity index (χ3n) is 17.2. The van der Waals surface area contributed by atoms with E-state index in [1.54, 1.807) is 66.7 Å². The third kappa shape index (κ3) is 14.6. The van der Waals surface area contributed by atoms with E-state index >= 15 is 0 Å². The topological polar surface area (TPSA) is 263 Å². The average Bonchev–Trinajstić information content (AvgIpc) is 1.56. The summed E-state index contributed by atoms with van der Waals surface area (Å²) in [6, 6.07) is 35.6. The molecule has 4 amide bonds. The molecule has 0 saturated carbocycles. The first-order valence-electron chi connectivity index (χ1n) is 30.7. The van der Waals surface area contributed by atoms with Crippen molar-refractivity contribution in [3.05, 3.63) is 207 Å². The molecule has 1 fully saturated rings. The second kappa shape index (κ2) is 27.9. The summed E-state index contributed by atoms with van der Waals surface area (Å²) in [5.41, 5.74) is 3.68. The Morgan fingerprint density at radius 1 is 0.560 bits per heavy atom. The van der Waals surface area contributed by atoms with E-state index in [1.165, 1.54) is 117 Å². The van der Waals surface area contributed by atoms with Crippen molar-refractivity contribution in [2.45, 2.75) is 52.0 Å². The van der Waals surface area contributed by atoms with Crippen molar-refractivity contribution >= 4 is 105 Å². The number of furan rings is 2. The Labute approximate surface area is 581 Å². The van der Waals surface area contributed by atoms with Crippen molar-refractivity contribution in [1.29, 1.82) is 0 Å². The largest absolute Gasteiger partial charge is 0.497 e. The Kier molecular flexibility index (Phi) is 19.8. The number of halogens is 5. The lowest BCUT2D eigenvalue weighted by Crippen LogP contribution is -2.41. The summed E-state index contributed by atoms with van der Waals surface area (Å²) in [7, 11) is -2.61. The third-order valence-corrected chi connectivity index (χ3v) is 20.0. The van der Waals surface area contributed by atoms with Crippen LogP contribution in [0, 0.1) is 23.3 Å². The predicted molar refractivity (Wildman–Crippen MR) is 371 cm³/mol. The second-order valence-corrected chi connectivity index (χ2v) is 29.3. The number of anilines is 2. The lowest BCUT2D eigenvalue weighted by Gasteiger charge is -2.32. The van der Waals surface area contributed by atoms with Gasteiger partial charge in [0.1, 0.15) is 50.6 Å². The van der Waals surface area contributed by atoms with Crippen LogP contribution in [0.5, 0.6) is 11.5 Å². The van der Waals surface area contributed by atoms with Gasteiger partial charge in [-0.2, -0.15) is 0 Å². The quantitative estimate of drug-likeness (QED) is 0.0582. The lowest BCUT2D eigenvalue weighted by molar-refractivity contribution is 0.00578. The molecule has 0 radical (unpaired) electrons. The van der Waals surface area contributed by atoms with Gasteiger partial charge in [0.15, 0.2) is 36.3 Å². The first kappa shape index (κ1) is 71.2. The van der Waals surface area contributed by atoms with Crippen LogP contribution in [0.3, 0.4) is 0 Å². The number of aromatic nitrogens is 2. The van der Waals surface area contributed by atoms with Gasteiger partial charge in [0.25, 0.3) is 23.6 Å². The number of hydrogen-bond acceptors (Lipinski definition) is 16. The molecule has 1 saturated heterocycles. The first-order valence-corrected chi connectivity index (χ1v) is 35.1. The molecule has 0 spiro atoms. The van der Waals surface area contributed by atoms with Crippen LogP contribution in [0.1, 0.15) is 80.5 Å². The number of rotatable bonds is 14. The van der Waals surface area contributed by atoms with Gasteiger partial charge in [-0.15, -0.1) is 0 Å². The highest BCUT2D eigenvalue weighted by Gasteiger charge is 2.53. The number of benzene rings is 6. The summed E-state index contributed by atoms with van der Waals surface area (Å²) < 4.78 is 143. The minimum absolute atomic E-state index is 0.000336. The van der Waals surface area contributed by atoms with Gasteiger partial charge in [0.2, 0.25) is 20.0 Å². The Morgan fingerprint density at radius 2 is 0.950 bits per heavy atom. The highest BCUT2D eigenvalue weighted by atomic mass is 79.9. The van der Waals surface area contributed by atoms with E-state index in [0.29, 0.717) is 61.1 Å². The maximum Gasteiger partial charge on any atom is 0.497 e. The molecule has 6 aromatic carbocycles. The average molecular weight is 1470 g/mol. The summed E-state index contributed by atoms with van der Waals surface area (Å²) in [5.74, 6) is -2.00. The summed E-state index contributed by atoms with van der Waals surface area (Å²) in [5, 5.41) is 6.00. The Bertz CT molecular complexity index is 5090. The molecule has 0 bridgehead atoms. The number of nitrogens with zero attached hydrogens (tertiary/aromatic N) is 6. The highest BCUT2D eigenvalue weighted by Crippen LogP contribution is 2.44. The molecule has 3 aliphatic rings. The van der Waals surface area contributed by atoms with Crippen LogP contribution in [0.25, 0.3) is 55.8 Å². The predicted octanol–water partition coefficient (Wildman–Crippen LogP) is 11.5. The number of pyridine rings is 2. The molecule has 518 valence electrons. The van der Waals surface area contributed by atoms with Gasteiger partial charge in [-0.3, -0.25) is 37.6 Å². The molecule has 0 aliphatic carbocycles. The molecular formula is C70H64BBrF4N8O14S2. The molecular weight excluding hydrogens is 1410 g/mol. The molecule has 7 heterocycles. The molecule has 30 heteroatoms. The zero-order valence-electron chi connectivity index (χ0n) is 55.4. The van der Waals surface area contributed by atoms with Crippen LogP contribution >= 0.6 is 15.9 Å². The van der Waals surface area contributed by atoms with Crippen LogP contribution in [0.2, 0.25) is 0 Å². The summed E-state index contributed by atoms with van der Waals surface area (Å²) >= 11 is 3.23. The van der Waals surface area contributed by atoms with E-state index in [2.05, 4.69) is 36.5 Å². The van der Waals surface area contributed by atoms with E-state index in [9.17, 15) is 53.6 Å². The Morgan fingerprint density at radius 3 is 1.38 bits per heavy atom. The smallest absolute Gasteiger partial charge is 0.471 e. The van der Waals surface area contributed by atoms with E-state index in [-0.39, 0.29) is 94.1 Å². The molecule has 3 aliphatic heterocycles. The first-order chi connectivity index (χ1) is 47.2. The number of carbonyl (C=O) groups excluding carboxylic acids is 4. The number of hydrogen-bond donors (Lipinski definition) is 2. The molecule has 22 nitrogen and oxygen atoms in total. The number of fused-ring (bicyclic) bond motifs is 4. The van der Waals surface area contributed by atoms with Crippen LogP contribution in [-0.2, 0) is 42.4 Å². The highest BCUT2D eigenvalue weighted by molar-refractivity contribution is 9.10. The number of nitrogens with one attached hydrogen (secondary N) is 2. The maximum atomic E-state index is 13.7. The minimum atomic E-state index is -3.79. The normalized spacial score (nSPS) is 14.6. The molecule has 4 aromatic heterocycles. The standard InChI is InChI=1S/C32H26F2N4O6S.C24H28BFN2O6S.C14H10BrFN2O2/c1-35-31(39)28-23-14-22(25(37(2)45(3,41)42)15-27(23)44-30(28)19-6-10-21(34)11-7-19)24-12-13-26-29(36-24)32(40)38(17-43-26)16-18-4-8-20(33)9-5-18;1-23(2)24(3,4)34-25(33-23)17-12-16-19(13-18(17)28(6)35(7,30)31)32-21(20(16)22(29)27-5)14-8-10-15(26)11-9-14;15-12-6-5-11-13(17-12)14(19)18(8-20-11)7-9-1-3-10(16)4-2-9/h4-15H,16-17H2,1-3H3,(H,35,39);8-13H,1-7H3,(H,27,29);1-6H,7-8H2. The zero-order valence-corrected chi connectivity index (χ0v) is 58.6. The van der Waals surface area contributed by atoms with Crippen molar-refractivity contribution in [2.75, 3.05) is 62.8 Å². The van der Waals surface area contributed by atoms with Crippen molar-refractivity contribution < 1.29 is 81.2 Å². The number of ether oxygens (including phenoxy) is 2. The second-order valence-electron chi connectivity index (χ2n) is 24.4. The van der Waals surface area contributed by atoms with Crippen LogP contribution in [0.15, 0.2) is 159 Å². The Balaban J connectivity index is 0.000000162. The molecule has 0 unspecified atom stereocenters. The fourth-order valence-electron chi connectivity index (χ4n) is 11.0. The number of sulfonamides is 2. The van der Waals surface area contributed by atoms with Gasteiger partial charge < -0.3 is 38.3 Å². The summed E-state index contributed by atoms with van der Waals surface area (Å²) in [6.45, 7) is 8.19. The van der Waals surface area contributed by atoms with Gasteiger partial charge in [0, 0.05) is 86.3 Å². The maximum absolute atomic E-state index is 13.7. The van der Waals surface area contributed by atoms with E-state index < -0.39 is 73.5 Å². The van der Waals surface area contributed by atoms with Crippen molar-refractivity contribution in [3.63, 3.8) is 0 Å². The zero-order chi connectivity index (χ0) is 72.1. The van der Waals surface area contributed by atoms with E-state index in [1.807, 2.05) is 27.7 Å². The number of carbonyl (C=O) groups is 4. The van der Waals surface area contributed by atoms with Gasteiger partial charge in [0.05, 0.1) is 51.9 Å². The fourth-order valence-corrected chi connectivity index (χ4v) is 12.3. The van der Waals surface area contributed by atoms with Gasteiger partial charge in [-0.1, -0.05) is 24.3 Å². The molecule has 100 heavy (non-hydrogen) atoms. The van der Waals surface area contributed by atoms with Crippen molar-refractivity contribution in [2.24, 2.45) is 0 Å². The van der Waals surface area contributed by atoms with Crippen LogP contribution < -0.4 is 34.2 Å². The van der Waals surface area contributed by atoms with Crippen LogP contribution in [0.4, 0.5) is 28.9 Å². The van der Waals surface area contributed by atoms with Crippen LogP contribution in [-0.4, -0.2) is 133 Å². The molecule has 10 aromatic rings. The van der Waals surface area contributed by atoms with Gasteiger partial charge in [-0.05, 0) is 164 Å². The monoisotopic (exact) mass is 1470 g/mol. The van der Waals surface area contributed by atoms with E-state index in [4.69, 9.17) is 27.6 Å². The lowest BCUT2D eigenvalue weighted by atomic mass is 9.77. The SMILES string of the molecule is CNC(=O)c1c(-c2ccc(F)cc2)oc2cc(N(C)S(C)(=O)=O)c(-c3ccc4c(n3)C(=O)N(Cc3ccc(F)cc3)CO4)cc12.CNC(=O)c1c(-c2ccc(F)cc2)oc2cc(N(C)S(C)(=O)=O)c(B3OC(C)(C)C(C)(C)O3)cc12.O=C1c2nc(Br)ccc2OCN1Cc1ccc(F)cc1. The molecule has 2 N–H and O–H groups in total. The fraction of sp³-hybridized carbons (Fsp3) is 0.229. The van der Waals surface area contributed by atoms with Crippen molar-refractivity contribution in [3.8, 4) is 45.4 Å². The summed E-state index contributed by atoms with van der Waals surface area (Å²) in [6.07, 6.45) is 2.13. The van der Waals surface area contributed by atoms with Crippen molar-refractivity contribution in [1.82, 2.24) is 30.4 Å². The van der Waals surface area contributed by atoms with Gasteiger partial charge in [-0.25, -0.2) is 44.4 Å². The minimum Gasteiger partial charge on any atom is -0.471 e. The molecule has 13 rings (SSSR count). The van der Waals surface area contributed by atoms with E-state index in [0.717, 1.165) is 26.7 Å². The number of amides is 4. The summed E-state index contributed by atoms with van der Waals surface area (Å²) in [4.78, 5) is 63.7. The Hall–Kier alpha value is -10.1.